The van der Waals surface area contributed by atoms with Gasteiger partial charge in [-0.15, -0.1) is 10.2 Å². The summed E-state index contributed by atoms with van der Waals surface area (Å²) in [6.45, 7) is 8.49. The van der Waals surface area contributed by atoms with Gasteiger partial charge in [-0.1, -0.05) is 23.8 Å². The first-order chi connectivity index (χ1) is 11.9. The van der Waals surface area contributed by atoms with Crippen molar-refractivity contribution in [3.8, 4) is 0 Å². The average molecular weight is 342 g/mol. The first kappa shape index (κ1) is 18.1. The number of hydrogen-bond acceptors (Lipinski definition) is 4. The zero-order valence-corrected chi connectivity index (χ0v) is 16.3. The quantitative estimate of drug-likeness (QED) is 0.838. The molecule has 1 saturated heterocycles. The molecule has 5 nitrogen and oxygen atoms in total. The van der Waals surface area contributed by atoms with E-state index in [4.69, 9.17) is 0 Å². The van der Waals surface area contributed by atoms with Crippen LogP contribution in [0.1, 0.15) is 47.1 Å². The van der Waals surface area contributed by atoms with Gasteiger partial charge in [-0.25, -0.2) is 0 Å². The van der Waals surface area contributed by atoms with Gasteiger partial charge in [0.05, 0.1) is 6.54 Å². The second-order valence-electron chi connectivity index (χ2n) is 7.78. The fourth-order valence-electron chi connectivity index (χ4n) is 3.83. The topological polar surface area (TPSA) is 37.2 Å². The molecule has 0 unspecified atom stereocenters. The SMILES string of the molecule is Cc1ccc(CN2CCC[C@H](c3nnc(CN(C)C)n3C)C2)c(C)c1. The summed E-state index contributed by atoms with van der Waals surface area (Å²) in [6, 6.07) is 6.79. The Labute approximate surface area is 151 Å². The Kier molecular flexibility index (Phi) is 5.54. The zero-order valence-electron chi connectivity index (χ0n) is 16.3. The van der Waals surface area contributed by atoms with E-state index in [-0.39, 0.29) is 0 Å². The number of piperidine rings is 1. The third kappa shape index (κ3) is 4.28. The standard InChI is InChI=1S/C20H31N5/c1-15-8-9-17(16(2)11-15)12-25-10-6-7-18(13-25)20-22-21-19(24(20)5)14-23(3)4/h8-9,11,18H,6-7,10,12-14H2,1-5H3/t18-/m0/s1. The molecule has 2 heterocycles. The minimum atomic E-state index is 0.480. The van der Waals surface area contributed by atoms with Crippen molar-refractivity contribution < 1.29 is 0 Å². The molecule has 0 bridgehead atoms. The molecule has 1 aliphatic rings. The van der Waals surface area contributed by atoms with Crippen LogP contribution in [-0.4, -0.2) is 51.7 Å². The molecule has 0 amide bonds. The summed E-state index contributed by atoms with van der Waals surface area (Å²) in [5.41, 5.74) is 4.18. The lowest BCUT2D eigenvalue weighted by Crippen LogP contribution is -2.35. The highest BCUT2D eigenvalue weighted by Gasteiger charge is 2.26. The number of nitrogens with zero attached hydrogens (tertiary/aromatic N) is 5. The monoisotopic (exact) mass is 341 g/mol. The fourth-order valence-corrected chi connectivity index (χ4v) is 3.83. The van der Waals surface area contributed by atoms with Gasteiger partial charge in [0.1, 0.15) is 11.6 Å². The Morgan fingerprint density at radius 3 is 2.72 bits per heavy atom. The summed E-state index contributed by atoms with van der Waals surface area (Å²) >= 11 is 0. The largest absolute Gasteiger partial charge is 0.317 e. The van der Waals surface area contributed by atoms with Gasteiger partial charge in [0.15, 0.2) is 0 Å². The van der Waals surface area contributed by atoms with Crippen LogP contribution < -0.4 is 0 Å². The number of aryl methyl sites for hydroxylation is 2. The maximum atomic E-state index is 4.52. The second-order valence-corrected chi connectivity index (χ2v) is 7.78. The molecular weight excluding hydrogens is 310 g/mol. The van der Waals surface area contributed by atoms with Gasteiger partial charge in [-0.2, -0.15) is 0 Å². The van der Waals surface area contributed by atoms with Crippen LogP contribution >= 0.6 is 0 Å². The van der Waals surface area contributed by atoms with Crippen LogP contribution in [0.3, 0.4) is 0 Å². The van der Waals surface area contributed by atoms with E-state index in [1.807, 2.05) is 0 Å². The number of hydrogen-bond donors (Lipinski definition) is 0. The molecule has 0 saturated carbocycles. The summed E-state index contributed by atoms with van der Waals surface area (Å²) < 4.78 is 2.20. The molecule has 0 spiro atoms. The molecule has 3 rings (SSSR count). The van der Waals surface area contributed by atoms with Crippen molar-refractivity contribution in [1.29, 1.82) is 0 Å². The maximum absolute atomic E-state index is 4.52. The smallest absolute Gasteiger partial charge is 0.146 e. The van der Waals surface area contributed by atoms with Crippen LogP contribution in [0, 0.1) is 13.8 Å². The van der Waals surface area contributed by atoms with Gasteiger partial charge in [-0.05, 0) is 58.5 Å². The van der Waals surface area contributed by atoms with E-state index in [9.17, 15) is 0 Å². The second kappa shape index (κ2) is 7.67. The van der Waals surface area contributed by atoms with Crippen molar-refractivity contribution in [3.05, 3.63) is 46.5 Å². The van der Waals surface area contributed by atoms with E-state index >= 15 is 0 Å². The van der Waals surface area contributed by atoms with Gasteiger partial charge < -0.3 is 9.47 Å². The zero-order chi connectivity index (χ0) is 18.0. The maximum Gasteiger partial charge on any atom is 0.146 e. The van der Waals surface area contributed by atoms with Crippen LogP contribution in [0.5, 0.6) is 0 Å². The van der Waals surface area contributed by atoms with Crippen LogP contribution in [0.15, 0.2) is 18.2 Å². The van der Waals surface area contributed by atoms with Crippen molar-refractivity contribution >= 4 is 0 Å². The molecule has 1 fully saturated rings. The van der Waals surface area contributed by atoms with Crippen LogP contribution in [0.2, 0.25) is 0 Å². The predicted octanol–water partition coefficient (Wildman–Crippen LogP) is 2.87. The molecular formula is C20H31N5. The van der Waals surface area contributed by atoms with E-state index in [0.29, 0.717) is 5.92 Å². The predicted molar refractivity (Wildman–Crippen MR) is 102 cm³/mol. The first-order valence-electron chi connectivity index (χ1n) is 9.25. The lowest BCUT2D eigenvalue weighted by Gasteiger charge is -2.32. The highest BCUT2D eigenvalue weighted by molar-refractivity contribution is 5.30. The van der Waals surface area contributed by atoms with E-state index in [1.54, 1.807) is 0 Å². The summed E-state index contributed by atoms with van der Waals surface area (Å²) in [5, 5.41) is 8.94. The van der Waals surface area contributed by atoms with E-state index < -0.39 is 0 Å². The molecule has 1 aromatic carbocycles. The molecule has 1 aromatic heterocycles. The molecule has 0 aliphatic carbocycles. The van der Waals surface area contributed by atoms with Crippen molar-refractivity contribution in [2.24, 2.45) is 7.05 Å². The average Bonchev–Trinajstić information content (AvgIpc) is 2.91. The highest BCUT2D eigenvalue weighted by Crippen LogP contribution is 2.27. The number of benzene rings is 1. The Morgan fingerprint density at radius 1 is 1.20 bits per heavy atom. The summed E-state index contributed by atoms with van der Waals surface area (Å²) in [7, 11) is 6.25. The lowest BCUT2D eigenvalue weighted by atomic mass is 9.96. The van der Waals surface area contributed by atoms with Gasteiger partial charge in [-0.3, -0.25) is 4.90 Å². The summed E-state index contributed by atoms with van der Waals surface area (Å²) in [5.74, 6) is 2.67. The first-order valence-corrected chi connectivity index (χ1v) is 9.25. The van der Waals surface area contributed by atoms with E-state index in [0.717, 1.165) is 31.3 Å². The Balaban J connectivity index is 1.70. The van der Waals surface area contributed by atoms with Gasteiger partial charge in [0.2, 0.25) is 0 Å². The third-order valence-corrected chi connectivity index (χ3v) is 5.22. The number of rotatable bonds is 5. The minimum absolute atomic E-state index is 0.480. The Bertz CT molecular complexity index is 719. The Hall–Kier alpha value is -1.72. The number of aromatic nitrogens is 3. The fraction of sp³-hybridized carbons (Fsp3) is 0.600. The number of likely N-dealkylation sites (tertiary alicyclic amines) is 1. The van der Waals surface area contributed by atoms with Crippen molar-refractivity contribution in [2.75, 3.05) is 27.2 Å². The summed E-state index contributed by atoms with van der Waals surface area (Å²) in [6.07, 6.45) is 2.43. The molecule has 136 valence electrons. The normalized spacial score (nSPS) is 18.9. The molecule has 25 heavy (non-hydrogen) atoms. The van der Waals surface area contributed by atoms with Crippen molar-refractivity contribution in [2.45, 2.75) is 45.7 Å². The Morgan fingerprint density at radius 2 is 2.00 bits per heavy atom. The third-order valence-electron chi connectivity index (χ3n) is 5.22. The molecule has 1 atom stereocenters. The van der Waals surface area contributed by atoms with Crippen LogP contribution in [-0.2, 0) is 20.1 Å². The van der Waals surface area contributed by atoms with Crippen molar-refractivity contribution in [1.82, 2.24) is 24.6 Å². The summed E-state index contributed by atoms with van der Waals surface area (Å²) in [4.78, 5) is 4.72. The van der Waals surface area contributed by atoms with E-state index in [1.165, 1.54) is 36.1 Å². The molecule has 0 radical (unpaired) electrons. The highest BCUT2D eigenvalue weighted by atomic mass is 15.3. The molecule has 0 N–H and O–H groups in total. The van der Waals surface area contributed by atoms with Crippen LogP contribution in [0.25, 0.3) is 0 Å². The molecule has 2 aromatic rings. The minimum Gasteiger partial charge on any atom is -0.317 e. The lowest BCUT2D eigenvalue weighted by molar-refractivity contribution is 0.194. The van der Waals surface area contributed by atoms with Gasteiger partial charge in [0.25, 0.3) is 0 Å². The van der Waals surface area contributed by atoms with Crippen molar-refractivity contribution in [3.63, 3.8) is 0 Å². The van der Waals surface area contributed by atoms with Gasteiger partial charge >= 0.3 is 0 Å². The molecule has 1 aliphatic heterocycles. The van der Waals surface area contributed by atoms with Gasteiger partial charge in [0, 0.05) is 26.1 Å². The van der Waals surface area contributed by atoms with E-state index in [2.05, 4.69) is 77.8 Å². The molecule has 5 heteroatoms. The van der Waals surface area contributed by atoms with Crippen LogP contribution in [0.4, 0.5) is 0 Å².